The van der Waals surface area contributed by atoms with E-state index in [1.54, 1.807) is 0 Å². The Hall–Kier alpha value is -0.430. The van der Waals surface area contributed by atoms with E-state index in [9.17, 15) is 4.89 Å². The van der Waals surface area contributed by atoms with Crippen LogP contribution in [0.4, 0.5) is 0 Å². The van der Waals surface area contributed by atoms with Crippen LogP contribution in [0.5, 0.6) is 0 Å². The smallest absolute Gasteiger partial charge is 0.0277 e. The normalized spacial score (nSPS) is 19.8. The molecule has 0 spiro atoms. The largest absolute Gasteiger partial charge is 0.374 e. The summed E-state index contributed by atoms with van der Waals surface area (Å²) < 4.78 is 0. The molecule has 1 aromatic rings. The Kier molecular flexibility index (Phi) is 3.52. The van der Waals surface area contributed by atoms with Gasteiger partial charge in [0.15, 0.2) is 0 Å². The van der Waals surface area contributed by atoms with Crippen molar-refractivity contribution in [3.05, 3.63) is 35.9 Å². The van der Waals surface area contributed by atoms with E-state index >= 15 is 0 Å². The molecule has 0 amide bonds. The van der Waals surface area contributed by atoms with Gasteiger partial charge in [-0.1, -0.05) is 30.3 Å². The molecular formula is C11H16NOP. The second kappa shape index (κ2) is 4.88. The van der Waals surface area contributed by atoms with Crippen LogP contribution in [-0.4, -0.2) is 35.2 Å². The quantitative estimate of drug-likeness (QED) is 0.752. The van der Waals surface area contributed by atoms with Crippen LogP contribution in [0, 0.1) is 0 Å². The van der Waals surface area contributed by atoms with Crippen LogP contribution < -0.4 is 0 Å². The molecule has 0 bridgehead atoms. The topological polar surface area (TPSA) is 23.5 Å². The van der Waals surface area contributed by atoms with E-state index in [2.05, 4.69) is 29.2 Å². The summed E-state index contributed by atoms with van der Waals surface area (Å²) in [5, 5.41) is 0. The number of hydrogen-bond acceptors (Lipinski definition) is 2. The average molecular weight is 209 g/mol. The molecule has 0 aliphatic carbocycles. The van der Waals surface area contributed by atoms with Crippen molar-refractivity contribution in [2.24, 2.45) is 0 Å². The molecule has 14 heavy (non-hydrogen) atoms. The van der Waals surface area contributed by atoms with Crippen molar-refractivity contribution in [2.75, 3.05) is 25.4 Å². The molecule has 0 radical (unpaired) electrons. The maximum Gasteiger partial charge on any atom is 0.0277 e. The van der Waals surface area contributed by atoms with Crippen LogP contribution in [0.3, 0.4) is 0 Å². The Morgan fingerprint density at radius 2 is 1.79 bits per heavy atom. The van der Waals surface area contributed by atoms with Crippen molar-refractivity contribution in [2.45, 2.75) is 6.54 Å². The minimum Gasteiger partial charge on any atom is -0.374 e. The van der Waals surface area contributed by atoms with Crippen LogP contribution in [0.1, 0.15) is 5.56 Å². The molecule has 0 saturated carbocycles. The van der Waals surface area contributed by atoms with Gasteiger partial charge < -0.3 is 4.89 Å². The molecule has 1 aliphatic rings. The summed E-state index contributed by atoms with van der Waals surface area (Å²) in [7, 11) is -0.635. The Labute approximate surface area is 86.4 Å². The van der Waals surface area contributed by atoms with Crippen LogP contribution in [-0.2, 0) is 6.54 Å². The summed E-state index contributed by atoms with van der Waals surface area (Å²) >= 11 is 0. The highest BCUT2D eigenvalue weighted by Gasteiger charge is 2.16. The molecule has 76 valence electrons. The highest BCUT2D eigenvalue weighted by molar-refractivity contribution is 7.51. The van der Waals surface area contributed by atoms with Gasteiger partial charge in [-0.15, -0.1) is 0 Å². The van der Waals surface area contributed by atoms with Crippen LogP contribution in [0.2, 0.25) is 0 Å². The van der Waals surface area contributed by atoms with Gasteiger partial charge >= 0.3 is 0 Å². The van der Waals surface area contributed by atoms with E-state index in [1.807, 2.05) is 6.07 Å². The Morgan fingerprint density at radius 3 is 2.43 bits per heavy atom. The van der Waals surface area contributed by atoms with Gasteiger partial charge in [0.25, 0.3) is 0 Å². The lowest BCUT2D eigenvalue weighted by Gasteiger charge is -2.29. The minimum atomic E-state index is -0.635. The molecule has 2 rings (SSSR count). The van der Waals surface area contributed by atoms with Gasteiger partial charge in [0.1, 0.15) is 0 Å². The summed E-state index contributed by atoms with van der Waals surface area (Å²) in [4.78, 5) is 11.9. The Balaban J connectivity index is 1.87. The number of nitrogens with zero attached hydrogens (tertiary/aromatic N) is 1. The molecule has 1 aromatic carbocycles. The molecule has 1 aliphatic heterocycles. The van der Waals surface area contributed by atoms with Crippen molar-refractivity contribution in [1.82, 2.24) is 4.90 Å². The van der Waals surface area contributed by atoms with Crippen molar-refractivity contribution in [1.29, 1.82) is 0 Å². The zero-order valence-corrected chi connectivity index (χ0v) is 9.16. The van der Waals surface area contributed by atoms with E-state index in [4.69, 9.17) is 0 Å². The highest BCUT2D eigenvalue weighted by atomic mass is 31.1. The summed E-state index contributed by atoms with van der Waals surface area (Å²) in [6.07, 6.45) is 1.98. The second-order valence-corrected chi connectivity index (χ2v) is 5.62. The Morgan fingerprint density at radius 1 is 1.14 bits per heavy atom. The maximum absolute atomic E-state index is 9.43. The molecule has 1 fully saturated rings. The van der Waals surface area contributed by atoms with Crippen LogP contribution in [0.25, 0.3) is 0 Å². The molecule has 0 aromatic heterocycles. The summed E-state index contributed by atoms with van der Waals surface area (Å²) in [5.41, 5.74) is 1.37. The summed E-state index contributed by atoms with van der Waals surface area (Å²) in [5.74, 6) is 0. The first kappa shape index (κ1) is 10.1. The van der Waals surface area contributed by atoms with Gasteiger partial charge in [0.2, 0.25) is 0 Å². The molecule has 3 heteroatoms. The molecule has 0 unspecified atom stereocenters. The van der Waals surface area contributed by atoms with E-state index in [1.165, 1.54) is 5.56 Å². The van der Waals surface area contributed by atoms with Crippen LogP contribution in [0.15, 0.2) is 30.3 Å². The molecule has 0 atom stereocenters. The molecular weight excluding hydrogens is 193 g/mol. The number of hydrogen-bond donors (Lipinski definition) is 1. The SMILES string of the molecule is OP1CCN(Cc2ccccc2)CC1. The van der Waals surface area contributed by atoms with Crippen molar-refractivity contribution >= 4 is 8.15 Å². The third-order valence-electron chi connectivity index (χ3n) is 2.60. The van der Waals surface area contributed by atoms with E-state index < -0.39 is 8.15 Å². The molecule has 1 heterocycles. The lowest BCUT2D eigenvalue weighted by Crippen LogP contribution is -2.33. The minimum absolute atomic E-state index is 0.635. The van der Waals surface area contributed by atoms with Gasteiger partial charge in [0, 0.05) is 40.1 Å². The van der Waals surface area contributed by atoms with Crippen LogP contribution >= 0.6 is 8.15 Å². The van der Waals surface area contributed by atoms with Gasteiger partial charge in [-0.05, 0) is 5.56 Å². The third kappa shape index (κ3) is 2.78. The van der Waals surface area contributed by atoms with Gasteiger partial charge in [-0.25, -0.2) is 0 Å². The zero-order valence-electron chi connectivity index (χ0n) is 8.26. The zero-order chi connectivity index (χ0) is 9.80. The summed E-state index contributed by atoms with van der Waals surface area (Å²) in [6.45, 7) is 3.14. The molecule has 2 nitrogen and oxygen atoms in total. The first-order valence-corrected chi connectivity index (χ1v) is 6.71. The monoisotopic (exact) mass is 209 g/mol. The predicted molar refractivity (Wildman–Crippen MR) is 60.6 cm³/mol. The van der Waals surface area contributed by atoms with Gasteiger partial charge in [-0.2, -0.15) is 0 Å². The average Bonchev–Trinajstić information content (AvgIpc) is 2.23. The fourth-order valence-corrected chi connectivity index (χ4v) is 2.99. The predicted octanol–water partition coefficient (Wildman–Crippen LogP) is 1.89. The lowest BCUT2D eigenvalue weighted by molar-refractivity contribution is 0.286. The summed E-state index contributed by atoms with van der Waals surface area (Å²) in [6, 6.07) is 10.5. The standard InChI is InChI=1S/C11H16NOP/c13-14-8-6-12(7-9-14)10-11-4-2-1-3-5-11/h1-5,13H,6-10H2. The van der Waals surface area contributed by atoms with E-state index in [0.29, 0.717) is 0 Å². The first-order chi connectivity index (χ1) is 6.84. The maximum atomic E-state index is 9.43. The number of benzene rings is 1. The third-order valence-corrected chi connectivity index (χ3v) is 4.03. The first-order valence-electron chi connectivity index (χ1n) is 5.05. The highest BCUT2D eigenvalue weighted by Crippen LogP contribution is 2.32. The van der Waals surface area contributed by atoms with Gasteiger partial charge in [-0.3, -0.25) is 4.90 Å². The van der Waals surface area contributed by atoms with Gasteiger partial charge in [0.05, 0.1) is 0 Å². The van der Waals surface area contributed by atoms with Crippen molar-refractivity contribution in [3.63, 3.8) is 0 Å². The van der Waals surface area contributed by atoms with E-state index in [0.717, 1.165) is 32.0 Å². The number of rotatable bonds is 2. The second-order valence-electron chi connectivity index (χ2n) is 3.72. The van der Waals surface area contributed by atoms with E-state index in [-0.39, 0.29) is 0 Å². The molecule has 1 N–H and O–H groups in total. The Bertz CT molecular complexity index is 270. The van der Waals surface area contributed by atoms with Crippen molar-refractivity contribution in [3.8, 4) is 0 Å². The van der Waals surface area contributed by atoms with Crippen molar-refractivity contribution < 1.29 is 4.89 Å². The lowest BCUT2D eigenvalue weighted by atomic mass is 10.2. The fourth-order valence-electron chi connectivity index (χ4n) is 1.74. The fraction of sp³-hybridized carbons (Fsp3) is 0.455. The molecule has 1 saturated heterocycles.